The van der Waals surface area contributed by atoms with E-state index in [0.29, 0.717) is 16.9 Å². The van der Waals surface area contributed by atoms with Crippen LogP contribution in [0.3, 0.4) is 0 Å². The van der Waals surface area contributed by atoms with E-state index in [9.17, 15) is 8.42 Å². The van der Waals surface area contributed by atoms with Crippen molar-refractivity contribution in [2.45, 2.75) is 44.6 Å². The molecule has 0 aliphatic carbocycles. The number of benzene rings is 1. The van der Waals surface area contributed by atoms with Crippen molar-refractivity contribution in [3.8, 4) is 0 Å². The molecule has 0 bridgehead atoms. The lowest BCUT2D eigenvalue weighted by atomic mass is 9.97. The van der Waals surface area contributed by atoms with Crippen LogP contribution in [0, 0.1) is 5.92 Å². The summed E-state index contributed by atoms with van der Waals surface area (Å²) in [5.74, 6) is 0.641. The van der Waals surface area contributed by atoms with Crippen molar-refractivity contribution in [2.75, 3.05) is 20.6 Å². The van der Waals surface area contributed by atoms with Crippen molar-refractivity contribution >= 4 is 10.0 Å². The summed E-state index contributed by atoms with van der Waals surface area (Å²) >= 11 is 0. The van der Waals surface area contributed by atoms with Crippen LogP contribution < -0.4 is 5.32 Å². The monoisotopic (exact) mass is 312 g/mol. The van der Waals surface area contributed by atoms with Gasteiger partial charge in [-0.15, -0.1) is 0 Å². The molecular weight excluding hydrogens is 284 g/mol. The summed E-state index contributed by atoms with van der Waals surface area (Å²) in [5, 5.41) is 3.50. The van der Waals surface area contributed by atoms with Crippen molar-refractivity contribution in [1.29, 1.82) is 0 Å². The van der Waals surface area contributed by atoms with Gasteiger partial charge in [-0.05, 0) is 43.0 Å². The van der Waals surface area contributed by atoms with Crippen LogP contribution in [0.4, 0.5) is 0 Å². The number of nitrogens with one attached hydrogen (secondary N) is 1. The number of rotatable bonds is 8. The Labute approximate surface area is 129 Å². The van der Waals surface area contributed by atoms with Gasteiger partial charge >= 0.3 is 0 Å². The second kappa shape index (κ2) is 7.92. The third-order valence-electron chi connectivity index (χ3n) is 3.43. The topological polar surface area (TPSA) is 49.4 Å². The highest BCUT2D eigenvalue weighted by molar-refractivity contribution is 7.89. The van der Waals surface area contributed by atoms with Crippen LogP contribution in [0.2, 0.25) is 0 Å². The first kappa shape index (κ1) is 18.1. The highest BCUT2D eigenvalue weighted by atomic mass is 32.2. The molecule has 0 aliphatic rings. The Balaban J connectivity index is 2.82. The molecule has 1 aromatic carbocycles. The molecule has 5 heteroatoms. The zero-order valence-electron chi connectivity index (χ0n) is 13.8. The smallest absolute Gasteiger partial charge is 0.242 e. The van der Waals surface area contributed by atoms with Gasteiger partial charge < -0.3 is 5.32 Å². The first-order chi connectivity index (χ1) is 9.77. The fraction of sp³-hybridized carbons (Fsp3) is 0.625. The minimum atomic E-state index is -3.33. The molecule has 1 N–H and O–H groups in total. The summed E-state index contributed by atoms with van der Waals surface area (Å²) in [6.45, 7) is 7.50. The summed E-state index contributed by atoms with van der Waals surface area (Å²) in [6.07, 6.45) is 2.04. The van der Waals surface area contributed by atoms with Crippen LogP contribution in [0.25, 0.3) is 0 Å². The Kier molecular flexibility index (Phi) is 6.84. The van der Waals surface area contributed by atoms with E-state index in [2.05, 4.69) is 26.1 Å². The van der Waals surface area contributed by atoms with Gasteiger partial charge in [0, 0.05) is 20.1 Å². The van der Waals surface area contributed by atoms with E-state index in [1.54, 1.807) is 26.2 Å². The van der Waals surface area contributed by atoms with Crippen LogP contribution in [0.15, 0.2) is 29.2 Å². The molecule has 1 unspecified atom stereocenters. The number of hydrogen-bond acceptors (Lipinski definition) is 3. The molecule has 1 atom stereocenters. The zero-order valence-corrected chi connectivity index (χ0v) is 14.6. The molecule has 120 valence electrons. The van der Waals surface area contributed by atoms with E-state index in [4.69, 9.17) is 0 Å². The van der Waals surface area contributed by atoms with Crippen LogP contribution in [-0.4, -0.2) is 39.4 Å². The maximum Gasteiger partial charge on any atom is 0.242 e. The number of likely N-dealkylation sites (N-methyl/N-ethyl adjacent to an activating group) is 1. The molecule has 0 saturated heterocycles. The zero-order chi connectivity index (χ0) is 16.0. The SMILES string of the molecule is CCNC(Cc1ccc(S(=O)(=O)N(C)C)cc1)CC(C)C. The van der Waals surface area contributed by atoms with Crippen LogP contribution in [0.1, 0.15) is 32.8 Å². The standard InChI is InChI=1S/C16H28N2O2S/c1-6-17-15(11-13(2)3)12-14-7-9-16(10-8-14)21(19,20)18(4)5/h7-10,13,15,17H,6,11-12H2,1-5H3. The highest BCUT2D eigenvalue weighted by Crippen LogP contribution is 2.16. The summed E-state index contributed by atoms with van der Waals surface area (Å²) in [4.78, 5) is 0.347. The number of sulfonamides is 1. The summed E-state index contributed by atoms with van der Waals surface area (Å²) < 4.78 is 25.3. The van der Waals surface area contributed by atoms with Gasteiger partial charge in [0.2, 0.25) is 10.0 Å². The molecule has 1 aromatic rings. The average Bonchev–Trinajstić information content (AvgIpc) is 2.38. The van der Waals surface area contributed by atoms with Crippen molar-refractivity contribution in [3.63, 3.8) is 0 Å². The molecule has 0 heterocycles. The summed E-state index contributed by atoms with van der Waals surface area (Å²) in [5.41, 5.74) is 1.17. The van der Waals surface area contributed by atoms with Crippen LogP contribution in [0.5, 0.6) is 0 Å². The highest BCUT2D eigenvalue weighted by Gasteiger charge is 2.17. The van der Waals surface area contributed by atoms with Gasteiger partial charge in [0.1, 0.15) is 0 Å². The second-order valence-electron chi connectivity index (χ2n) is 6.02. The number of hydrogen-bond donors (Lipinski definition) is 1. The predicted octanol–water partition coefficient (Wildman–Crippen LogP) is 2.50. The fourth-order valence-corrected chi connectivity index (χ4v) is 3.29. The van der Waals surface area contributed by atoms with Gasteiger partial charge in [-0.1, -0.05) is 32.9 Å². The predicted molar refractivity (Wildman–Crippen MR) is 87.9 cm³/mol. The molecular formula is C16H28N2O2S. The Morgan fingerprint density at radius 3 is 2.14 bits per heavy atom. The van der Waals surface area contributed by atoms with Gasteiger partial charge in [0.15, 0.2) is 0 Å². The minimum Gasteiger partial charge on any atom is -0.314 e. The molecule has 0 aliphatic heterocycles. The van der Waals surface area contributed by atoms with Gasteiger partial charge in [0.05, 0.1) is 4.90 Å². The lowest BCUT2D eigenvalue weighted by Crippen LogP contribution is -2.32. The van der Waals surface area contributed by atoms with Crippen molar-refractivity contribution in [1.82, 2.24) is 9.62 Å². The van der Waals surface area contributed by atoms with Crippen LogP contribution in [-0.2, 0) is 16.4 Å². The summed E-state index contributed by atoms with van der Waals surface area (Å²) in [7, 11) is -0.236. The third-order valence-corrected chi connectivity index (χ3v) is 5.26. The van der Waals surface area contributed by atoms with Crippen molar-refractivity contribution in [2.24, 2.45) is 5.92 Å². The van der Waals surface area contributed by atoms with Gasteiger partial charge in [-0.3, -0.25) is 0 Å². The molecule has 0 aromatic heterocycles. The molecule has 0 fully saturated rings. The molecule has 0 saturated carbocycles. The maximum absolute atomic E-state index is 12.0. The molecule has 0 radical (unpaired) electrons. The maximum atomic E-state index is 12.0. The van der Waals surface area contributed by atoms with Crippen molar-refractivity contribution in [3.05, 3.63) is 29.8 Å². The largest absolute Gasteiger partial charge is 0.314 e. The number of nitrogens with zero attached hydrogens (tertiary/aromatic N) is 1. The lowest BCUT2D eigenvalue weighted by molar-refractivity contribution is 0.424. The van der Waals surface area contributed by atoms with E-state index in [1.807, 2.05) is 12.1 Å². The van der Waals surface area contributed by atoms with Crippen LogP contribution >= 0.6 is 0 Å². The summed E-state index contributed by atoms with van der Waals surface area (Å²) in [6, 6.07) is 7.67. The quantitative estimate of drug-likeness (QED) is 0.802. The Hall–Kier alpha value is -0.910. The molecule has 4 nitrogen and oxygen atoms in total. The first-order valence-electron chi connectivity index (χ1n) is 7.52. The van der Waals surface area contributed by atoms with Gasteiger partial charge in [0.25, 0.3) is 0 Å². The minimum absolute atomic E-state index is 0.347. The van der Waals surface area contributed by atoms with E-state index in [1.165, 1.54) is 9.87 Å². The van der Waals surface area contributed by atoms with E-state index in [0.717, 1.165) is 19.4 Å². The Morgan fingerprint density at radius 2 is 1.71 bits per heavy atom. The lowest BCUT2D eigenvalue weighted by Gasteiger charge is -2.20. The molecule has 0 spiro atoms. The van der Waals surface area contributed by atoms with E-state index < -0.39 is 10.0 Å². The molecule has 21 heavy (non-hydrogen) atoms. The Bertz CT molecular complexity index is 522. The normalized spacial score (nSPS) is 13.9. The Morgan fingerprint density at radius 1 is 1.14 bits per heavy atom. The molecule has 0 amide bonds. The third kappa shape index (κ3) is 5.41. The van der Waals surface area contributed by atoms with E-state index >= 15 is 0 Å². The van der Waals surface area contributed by atoms with Crippen molar-refractivity contribution < 1.29 is 8.42 Å². The van der Waals surface area contributed by atoms with E-state index in [-0.39, 0.29) is 0 Å². The van der Waals surface area contributed by atoms with Gasteiger partial charge in [-0.25, -0.2) is 12.7 Å². The molecule has 1 rings (SSSR count). The van der Waals surface area contributed by atoms with Gasteiger partial charge in [-0.2, -0.15) is 0 Å². The average molecular weight is 312 g/mol. The fourth-order valence-electron chi connectivity index (χ4n) is 2.39. The first-order valence-corrected chi connectivity index (χ1v) is 8.96. The second-order valence-corrected chi connectivity index (χ2v) is 8.17.